The van der Waals surface area contributed by atoms with Crippen molar-refractivity contribution in [2.24, 2.45) is 0 Å². The highest BCUT2D eigenvalue weighted by atomic mass is 32.1. The van der Waals surface area contributed by atoms with E-state index in [1.807, 2.05) is 48.5 Å². The molecule has 0 saturated heterocycles. The number of aromatic nitrogens is 4. The number of thiophene rings is 1. The predicted molar refractivity (Wildman–Crippen MR) is 327 cm³/mol. The van der Waals surface area contributed by atoms with Crippen LogP contribution in [0.4, 0.5) is 0 Å². The van der Waals surface area contributed by atoms with Crippen molar-refractivity contribution in [1.29, 1.82) is 10.5 Å². The zero-order valence-electron chi connectivity index (χ0n) is 44.8. The first kappa shape index (κ1) is 47.0. The van der Waals surface area contributed by atoms with Crippen LogP contribution < -0.4 is 18.9 Å². The van der Waals surface area contributed by atoms with Crippen LogP contribution in [0.15, 0.2) is 164 Å². The van der Waals surface area contributed by atoms with Crippen LogP contribution in [0.2, 0.25) is 0 Å². The lowest BCUT2D eigenvalue weighted by Gasteiger charge is -2.27. The van der Waals surface area contributed by atoms with E-state index in [4.69, 9.17) is 18.9 Å². The molecular weight excluding hydrogens is 1010 g/mol. The van der Waals surface area contributed by atoms with Crippen molar-refractivity contribution in [3.8, 4) is 57.9 Å². The van der Waals surface area contributed by atoms with Gasteiger partial charge in [0.15, 0.2) is 0 Å². The molecule has 11 heteroatoms. The molecule has 0 aliphatic carbocycles. The summed E-state index contributed by atoms with van der Waals surface area (Å²) in [5.74, 6) is 2.74. The normalized spacial score (nSPS) is 11.9. The molecule has 0 aliphatic rings. The number of ether oxygens (including phenoxy) is 4. The van der Waals surface area contributed by atoms with Gasteiger partial charge >= 0.3 is 0 Å². The number of nitrogens with zero attached hydrogens (tertiary/aromatic N) is 6. The van der Waals surface area contributed by atoms with Crippen molar-refractivity contribution >= 4 is 119 Å². The standard InChI is InChI=1S/C69H48N6O4S/c1-37-14-23-62-47(28-37)45-19-20-46-44-10-8-9-11-63(44)80-69(46)68(45)75(62)67-55(36-71)65(72-56-21-12-38(2)29-48(56)50-31-40(76-4)15-24-58(50)72)64(74-60-26-17-42(78-6)33-52(60)53-34-43(79-7)18-27-61(53)74)54(35-70)66(67)73-57-22-13-39(3)30-49(57)51-32-41(77-5)16-25-59(51)73/h8-34H,1-7H3. The molecule has 5 heterocycles. The van der Waals surface area contributed by atoms with Gasteiger partial charge < -0.3 is 37.2 Å². The van der Waals surface area contributed by atoms with Gasteiger partial charge in [-0.2, -0.15) is 10.5 Å². The SMILES string of the molecule is COc1ccc2c(c1)c1cc(OC)ccc1n2-c1c(C#N)c(-n2c3ccc(C)cc3c3cc(OC)ccc32)c(-n2c3ccc(C)cc3c3ccc4c5ccccc5sc4c32)c(C#N)c1-n1c2ccc(C)cc2c2cc(OC)ccc21. The molecule has 0 saturated carbocycles. The lowest BCUT2D eigenvalue weighted by Crippen LogP contribution is -2.16. The van der Waals surface area contributed by atoms with Gasteiger partial charge in [-0.25, -0.2) is 0 Å². The van der Waals surface area contributed by atoms with Crippen LogP contribution in [0.5, 0.6) is 23.0 Å². The second kappa shape index (κ2) is 17.4. The molecule has 10 aromatic carbocycles. The Hall–Kier alpha value is -10.2. The molecular formula is C69H48N6O4S. The van der Waals surface area contributed by atoms with E-state index in [1.54, 1.807) is 39.8 Å². The number of hydrogen-bond donors (Lipinski definition) is 0. The van der Waals surface area contributed by atoms with Gasteiger partial charge in [-0.05, 0) is 136 Å². The van der Waals surface area contributed by atoms with E-state index in [0.29, 0.717) is 56.9 Å². The molecule has 15 rings (SSSR count). The first-order chi connectivity index (χ1) is 39.1. The fraction of sp³-hybridized carbons (Fsp3) is 0.101. The third kappa shape index (κ3) is 6.44. The van der Waals surface area contributed by atoms with Gasteiger partial charge in [-0.15, -0.1) is 11.3 Å². The Labute approximate surface area is 462 Å². The van der Waals surface area contributed by atoms with Crippen LogP contribution in [0.1, 0.15) is 27.8 Å². The Kier molecular flexibility index (Phi) is 10.2. The summed E-state index contributed by atoms with van der Waals surface area (Å²) in [7, 11) is 6.70. The molecule has 384 valence electrons. The number of benzene rings is 10. The van der Waals surface area contributed by atoms with Gasteiger partial charge in [0.25, 0.3) is 0 Å². The number of fused-ring (bicyclic) bond motifs is 16. The van der Waals surface area contributed by atoms with Crippen molar-refractivity contribution < 1.29 is 18.9 Å². The summed E-state index contributed by atoms with van der Waals surface area (Å²) in [6, 6.07) is 62.8. The molecule has 0 bridgehead atoms. The zero-order chi connectivity index (χ0) is 54.4. The van der Waals surface area contributed by atoms with Crippen molar-refractivity contribution in [2.45, 2.75) is 20.8 Å². The second-order valence-corrected chi connectivity index (χ2v) is 21.8. The van der Waals surface area contributed by atoms with Crippen molar-refractivity contribution in [3.05, 3.63) is 192 Å². The molecule has 15 aromatic rings. The Morgan fingerprint density at radius 1 is 0.338 bits per heavy atom. The molecule has 5 aromatic heterocycles. The lowest BCUT2D eigenvalue weighted by molar-refractivity contribution is 0.415. The van der Waals surface area contributed by atoms with Crippen LogP contribution in [0.25, 0.3) is 130 Å². The third-order valence-corrected chi connectivity index (χ3v) is 17.6. The number of methoxy groups -OCH3 is 4. The molecule has 0 spiro atoms. The zero-order valence-corrected chi connectivity index (χ0v) is 45.6. The summed E-state index contributed by atoms with van der Waals surface area (Å²) < 4.78 is 34.9. The van der Waals surface area contributed by atoms with Crippen LogP contribution >= 0.6 is 11.3 Å². The fourth-order valence-corrected chi connectivity index (χ4v) is 14.1. The largest absolute Gasteiger partial charge is 0.497 e. The van der Waals surface area contributed by atoms with E-state index in [0.717, 1.165) is 124 Å². The van der Waals surface area contributed by atoms with Crippen molar-refractivity contribution in [3.63, 3.8) is 0 Å². The van der Waals surface area contributed by atoms with E-state index >= 15 is 0 Å². The average Bonchev–Trinajstić information content (AvgIpc) is 4.46. The van der Waals surface area contributed by atoms with E-state index in [-0.39, 0.29) is 0 Å². The minimum absolute atomic E-state index is 0.343. The molecule has 0 fully saturated rings. The number of rotatable bonds is 8. The predicted octanol–water partition coefficient (Wildman–Crippen LogP) is 17.1. The smallest absolute Gasteiger partial charge is 0.119 e. The number of aryl methyl sites for hydroxylation is 3. The van der Waals surface area contributed by atoms with Crippen LogP contribution in [0.3, 0.4) is 0 Å². The van der Waals surface area contributed by atoms with Gasteiger partial charge in [0.05, 0.1) is 100 Å². The molecule has 10 nitrogen and oxygen atoms in total. The minimum atomic E-state index is 0.343. The van der Waals surface area contributed by atoms with E-state index < -0.39 is 0 Å². The molecule has 0 amide bonds. The van der Waals surface area contributed by atoms with Crippen LogP contribution in [0, 0.1) is 43.4 Å². The highest BCUT2D eigenvalue weighted by Gasteiger charge is 2.35. The van der Waals surface area contributed by atoms with Gasteiger partial charge in [0, 0.05) is 58.6 Å². The first-order valence-corrected chi connectivity index (χ1v) is 27.2. The summed E-state index contributed by atoms with van der Waals surface area (Å²) in [6.07, 6.45) is 0. The molecule has 0 aliphatic heterocycles. The Morgan fingerprint density at radius 3 is 1.05 bits per heavy atom. The Bertz CT molecular complexity index is 5260. The topological polar surface area (TPSA) is 104 Å². The van der Waals surface area contributed by atoms with Crippen molar-refractivity contribution in [1.82, 2.24) is 18.3 Å². The maximum absolute atomic E-state index is 12.9. The lowest BCUT2D eigenvalue weighted by atomic mass is 9.98. The third-order valence-electron chi connectivity index (χ3n) is 16.4. The average molecular weight is 1060 g/mol. The first-order valence-electron chi connectivity index (χ1n) is 26.4. The van der Waals surface area contributed by atoms with Gasteiger partial charge in [0.2, 0.25) is 0 Å². The second-order valence-electron chi connectivity index (χ2n) is 20.7. The van der Waals surface area contributed by atoms with Crippen LogP contribution in [-0.4, -0.2) is 46.7 Å². The van der Waals surface area contributed by atoms with Gasteiger partial charge in [0.1, 0.15) is 46.3 Å². The molecule has 80 heavy (non-hydrogen) atoms. The number of hydrogen-bond acceptors (Lipinski definition) is 7. The monoisotopic (exact) mass is 1060 g/mol. The summed E-state index contributed by atoms with van der Waals surface area (Å²) in [5.41, 5.74) is 12.9. The van der Waals surface area contributed by atoms with Gasteiger partial charge in [-0.1, -0.05) is 65.2 Å². The van der Waals surface area contributed by atoms with E-state index in [1.165, 1.54) is 0 Å². The number of nitriles is 2. The quantitative estimate of drug-likeness (QED) is 0.150. The molecule has 0 N–H and O–H groups in total. The van der Waals surface area contributed by atoms with Gasteiger partial charge in [-0.3, -0.25) is 0 Å². The highest BCUT2D eigenvalue weighted by Crippen LogP contribution is 2.51. The Balaban J connectivity index is 1.28. The van der Waals surface area contributed by atoms with Crippen LogP contribution in [-0.2, 0) is 0 Å². The summed E-state index contributed by atoms with van der Waals surface area (Å²) >= 11 is 1.75. The Morgan fingerprint density at radius 2 is 0.662 bits per heavy atom. The van der Waals surface area contributed by atoms with E-state index in [9.17, 15) is 10.5 Å². The summed E-state index contributed by atoms with van der Waals surface area (Å²) in [5, 5.41) is 35.7. The van der Waals surface area contributed by atoms with E-state index in [2.05, 4.69) is 166 Å². The summed E-state index contributed by atoms with van der Waals surface area (Å²) in [4.78, 5) is 0. The highest BCUT2D eigenvalue weighted by molar-refractivity contribution is 7.26. The molecule has 0 atom stereocenters. The summed E-state index contributed by atoms with van der Waals surface area (Å²) in [6.45, 7) is 6.32. The van der Waals surface area contributed by atoms with Crippen molar-refractivity contribution in [2.75, 3.05) is 28.4 Å². The fourth-order valence-electron chi connectivity index (χ4n) is 12.9. The minimum Gasteiger partial charge on any atom is -0.497 e. The maximum Gasteiger partial charge on any atom is 0.119 e. The maximum atomic E-state index is 12.9. The molecule has 0 radical (unpaired) electrons. The molecule has 0 unspecified atom stereocenters.